The first-order valence-electron chi connectivity index (χ1n) is 7.70. The van der Waals surface area contributed by atoms with Gasteiger partial charge in [-0.2, -0.15) is 20.4 Å². The summed E-state index contributed by atoms with van der Waals surface area (Å²) in [6.07, 6.45) is 6.59. The lowest BCUT2D eigenvalue weighted by molar-refractivity contribution is 0.0689. The molecule has 9 nitrogen and oxygen atoms in total. The summed E-state index contributed by atoms with van der Waals surface area (Å²) < 4.78 is 5.42. The van der Waals surface area contributed by atoms with E-state index in [4.69, 9.17) is 4.52 Å². The van der Waals surface area contributed by atoms with Crippen LogP contribution in [0.1, 0.15) is 35.1 Å². The molecule has 0 saturated carbocycles. The molecule has 1 saturated heterocycles. The summed E-state index contributed by atoms with van der Waals surface area (Å²) >= 11 is 0. The molecule has 1 N–H and O–H groups in total. The Kier molecular flexibility index (Phi) is 3.73. The summed E-state index contributed by atoms with van der Waals surface area (Å²) in [7, 11) is 0. The van der Waals surface area contributed by atoms with E-state index in [0.29, 0.717) is 30.5 Å². The Bertz CT molecular complexity index is 815. The second-order valence-corrected chi connectivity index (χ2v) is 5.64. The third kappa shape index (κ3) is 2.75. The van der Waals surface area contributed by atoms with Crippen molar-refractivity contribution in [2.24, 2.45) is 0 Å². The van der Waals surface area contributed by atoms with Gasteiger partial charge in [0.2, 0.25) is 11.7 Å². The molecule has 0 aromatic carbocycles. The van der Waals surface area contributed by atoms with Crippen LogP contribution in [-0.2, 0) is 0 Å². The van der Waals surface area contributed by atoms with Gasteiger partial charge >= 0.3 is 0 Å². The number of rotatable bonds is 3. The number of aromatic amines is 1. The number of likely N-dealkylation sites (tertiary alicyclic amines) is 1. The number of H-pyrrole nitrogens is 1. The average molecular weight is 325 g/mol. The van der Waals surface area contributed by atoms with Crippen molar-refractivity contribution < 1.29 is 9.32 Å². The standard InChI is InChI=1S/C15H15N7O2/c23-15(12-8-17-21-19-12)22-6-2-4-11(9-22)14-18-13(20-24-14)10-3-1-5-16-7-10/h1,3,5,7-8,11H,2,4,6,9H2,(H,17,19,21)/t11-/m1/s1. The zero-order valence-corrected chi connectivity index (χ0v) is 12.8. The number of amides is 1. The normalized spacial score (nSPS) is 17.8. The zero-order valence-electron chi connectivity index (χ0n) is 12.8. The molecule has 1 aliphatic rings. The fourth-order valence-electron chi connectivity index (χ4n) is 2.84. The molecule has 1 amide bonds. The first kappa shape index (κ1) is 14.5. The molecule has 3 aromatic heterocycles. The molecule has 1 aliphatic heterocycles. The van der Waals surface area contributed by atoms with E-state index in [1.54, 1.807) is 17.3 Å². The summed E-state index contributed by atoms with van der Waals surface area (Å²) in [5.41, 5.74) is 1.12. The van der Waals surface area contributed by atoms with Crippen LogP contribution in [0.15, 0.2) is 35.2 Å². The van der Waals surface area contributed by atoms with Crippen LogP contribution in [0.3, 0.4) is 0 Å². The van der Waals surface area contributed by atoms with Crippen molar-refractivity contribution in [2.45, 2.75) is 18.8 Å². The van der Waals surface area contributed by atoms with Gasteiger partial charge in [0.15, 0.2) is 5.69 Å². The predicted octanol–water partition coefficient (Wildman–Crippen LogP) is 1.27. The van der Waals surface area contributed by atoms with Gasteiger partial charge in [-0.1, -0.05) is 5.16 Å². The molecule has 1 fully saturated rings. The molecule has 0 unspecified atom stereocenters. The van der Waals surface area contributed by atoms with Gasteiger partial charge in [-0.25, -0.2) is 0 Å². The van der Waals surface area contributed by atoms with Gasteiger partial charge in [0.1, 0.15) is 0 Å². The van der Waals surface area contributed by atoms with Crippen molar-refractivity contribution in [3.8, 4) is 11.4 Å². The molecule has 0 radical (unpaired) electrons. The summed E-state index contributed by atoms with van der Waals surface area (Å²) in [6.45, 7) is 1.21. The van der Waals surface area contributed by atoms with E-state index in [9.17, 15) is 4.79 Å². The molecule has 24 heavy (non-hydrogen) atoms. The Labute approximate surface area is 137 Å². The van der Waals surface area contributed by atoms with Crippen LogP contribution in [0, 0.1) is 0 Å². The van der Waals surface area contributed by atoms with Gasteiger partial charge in [0, 0.05) is 31.0 Å². The van der Waals surface area contributed by atoms with Crippen LogP contribution in [-0.4, -0.2) is 54.4 Å². The van der Waals surface area contributed by atoms with E-state index in [-0.39, 0.29) is 11.8 Å². The largest absolute Gasteiger partial charge is 0.339 e. The molecule has 0 aliphatic carbocycles. The van der Waals surface area contributed by atoms with Crippen LogP contribution >= 0.6 is 0 Å². The fraction of sp³-hybridized carbons (Fsp3) is 0.333. The maximum absolute atomic E-state index is 12.4. The van der Waals surface area contributed by atoms with Crippen molar-refractivity contribution in [3.05, 3.63) is 42.3 Å². The van der Waals surface area contributed by atoms with Crippen molar-refractivity contribution in [1.29, 1.82) is 0 Å². The van der Waals surface area contributed by atoms with Gasteiger partial charge in [0.05, 0.1) is 12.1 Å². The number of piperidine rings is 1. The molecule has 122 valence electrons. The zero-order chi connectivity index (χ0) is 16.4. The van der Waals surface area contributed by atoms with Crippen molar-refractivity contribution in [2.75, 3.05) is 13.1 Å². The van der Waals surface area contributed by atoms with E-state index in [1.807, 2.05) is 12.1 Å². The number of hydrogen-bond donors (Lipinski definition) is 1. The summed E-state index contributed by atoms with van der Waals surface area (Å²) in [5.74, 6) is 0.942. The highest BCUT2D eigenvalue weighted by atomic mass is 16.5. The average Bonchev–Trinajstić information content (AvgIpc) is 3.34. The van der Waals surface area contributed by atoms with Crippen LogP contribution in [0.2, 0.25) is 0 Å². The highest BCUT2D eigenvalue weighted by Crippen LogP contribution is 2.27. The Morgan fingerprint density at radius 2 is 2.33 bits per heavy atom. The number of nitrogens with zero attached hydrogens (tertiary/aromatic N) is 6. The molecule has 0 bridgehead atoms. The lowest BCUT2D eigenvalue weighted by Gasteiger charge is -2.30. The summed E-state index contributed by atoms with van der Waals surface area (Å²) in [6, 6.07) is 3.70. The predicted molar refractivity (Wildman–Crippen MR) is 81.8 cm³/mol. The maximum Gasteiger partial charge on any atom is 0.276 e. The van der Waals surface area contributed by atoms with Crippen molar-refractivity contribution >= 4 is 5.91 Å². The molecule has 4 heterocycles. The minimum absolute atomic E-state index is 0.0209. The minimum Gasteiger partial charge on any atom is -0.339 e. The summed E-state index contributed by atoms with van der Waals surface area (Å²) in [5, 5.41) is 14.0. The Balaban J connectivity index is 1.50. The van der Waals surface area contributed by atoms with Gasteiger partial charge in [-0.05, 0) is 25.0 Å². The van der Waals surface area contributed by atoms with Crippen LogP contribution in [0.4, 0.5) is 0 Å². The Morgan fingerprint density at radius 3 is 3.12 bits per heavy atom. The molecular weight excluding hydrogens is 310 g/mol. The van der Waals surface area contributed by atoms with Crippen LogP contribution in [0.5, 0.6) is 0 Å². The van der Waals surface area contributed by atoms with E-state index < -0.39 is 0 Å². The van der Waals surface area contributed by atoms with Crippen LogP contribution in [0.25, 0.3) is 11.4 Å². The van der Waals surface area contributed by atoms with Gasteiger partial charge in [0.25, 0.3) is 5.91 Å². The molecule has 4 rings (SSSR count). The monoisotopic (exact) mass is 325 g/mol. The Hall–Kier alpha value is -3.10. The first-order valence-corrected chi connectivity index (χ1v) is 7.70. The smallest absolute Gasteiger partial charge is 0.276 e. The molecule has 3 aromatic rings. The number of hydrogen-bond acceptors (Lipinski definition) is 7. The third-order valence-corrected chi connectivity index (χ3v) is 4.05. The number of aromatic nitrogens is 6. The van der Waals surface area contributed by atoms with Crippen molar-refractivity contribution in [1.82, 2.24) is 35.4 Å². The molecule has 0 spiro atoms. The molecular formula is C15H15N7O2. The van der Waals surface area contributed by atoms with Crippen molar-refractivity contribution in [3.63, 3.8) is 0 Å². The number of carbonyl (C=O) groups excluding carboxylic acids is 1. The maximum atomic E-state index is 12.4. The summed E-state index contributed by atoms with van der Waals surface area (Å²) in [4.78, 5) is 22.7. The van der Waals surface area contributed by atoms with Gasteiger partial charge in [-0.15, -0.1) is 0 Å². The highest BCUT2D eigenvalue weighted by Gasteiger charge is 2.30. The fourth-order valence-corrected chi connectivity index (χ4v) is 2.84. The molecule has 1 atom stereocenters. The highest BCUT2D eigenvalue weighted by molar-refractivity contribution is 5.92. The van der Waals surface area contributed by atoms with E-state index in [2.05, 4.69) is 30.5 Å². The van der Waals surface area contributed by atoms with Crippen LogP contribution < -0.4 is 0 Å². The molecule has 9 heteroatoms. The lowest BCUT2D eigenvalue weighted by Crippen LogP contribution is -2.39. The van der Waals surface area contributed by atoms with Gasteiger partial charge < -0.3 is 9.42 Å². The van der Waals surface area contributed by atoms with E-state index in [0.717, 1.165) is 18.4 Å². The Morgan fingerprint density at radius 1 is 1.38 bits per heavy atom. The number of nitrogens with one attached hydrogen (secondary N) is 1. The van der Waals surface area contributed by atoms with E-state index >= 15 is 0 Å². The minimum atomic E-state index is -0.138. The SMILES string of the molecule is O=C(c1cn[nH]n1)N1CCC[C@@H](c2nc(-c3cccnc3)no2)C1. The number of pyridine rings is 1. The van der Waals surface area contributed by atoms with Gasteiger partial charge in [-0.3, -0.25) is 9.78 Å². The topological polar surface area (TPSA) is 114 Å². The number of carbonyl (C=O) groups is 1. The quantitative estimate of drug-likeness (QED) is 0.771. The third-order valence-electron chi connectivity index (χ3n) is 4.05. The first-order chi connectivity index (χ1) is 11.8. The lowest BCUT2D eigenvalue weighted by atomic mass is 9.97. The second kappa shape index (κ2) is 6.19. The second-order valence-electron chi connectivity index (χ2n) is 5.64. The van der Waals surface area contributed by atoms with E-state index in [1.165, 1.54) is 6.20 Å².